The van der Waals surface area contributed by atoms with Crippen molar-refractivity contribution in [2.45, 2.75) is 52.2 Å². The highest BCUT2D eigenvalue weighted by Crippen LogP contribution is 2.27. The molecule has 0 aliphatic carbocycles. The number of hydrogen-bond donors (Lipinski definition) is 2. The van der Waals surface area contributed by atoms with E-state index < -0.39 is 5.60 Å². The number of aliphatic hydroxyl groups is 1. The number of hydrogen-bond acceptors (Lipinski definition) is 2. The van der Waals surface area contributed by atoms with E-state index in [-0.39, 0.29) is 6.04 Å². The minimum Gasteiger partial charge on any atom is -0.384 e. The molecular formula is C21H31NO. The van der Waals surface area contributed by atoms with Gasteiger partial charge in [0.05, 0.1) is 0 Å². The molecule has 1 saturated heterocycles. The zero-order valence-corrected chi connectivity index (χ0v) is 14.9. The molecule has 1 unspecified atom stereocenters. The van der Waals surface area contributed by atoms with Gasteiger partial charge in [0.1, 0.15) is 5.60 Å². The normalized spacial score (nSPS) is 20.0. The zero-order valence-electron chi connectivity index (χ0n) is 14.9. The molecule has 1 aliphatic rings. The summed E-state index contributed by atoms with van der Waals surface area (Å²) >= 11 is 0. The van der Waals surface area contributed by atoms with Gasteiger partial charge in [0.15, 0.2) is 0 Å². The molecule has 1 aromatic rings. The van der Waals surface area contributed by atoms with E-state index in [2.05, 4.69) is 37.2 Å². The van der Waals surface area contributed by atoms with Crippen LogP contribution < -0.4 is 5.32 Å². The van der Waals surface area contributed by atoms with Crippen molar-refractivity contribution in [3.8, 4) is 12.8 Å². The van der Waals surface area contributed by atoms with Gasteiger partial charge in [-0.05, 0) is 52.7 Å². The van der Waals surface area contributed by atoms with E-state index in [4.69, 9.17) is 0 Å². The van der Waals surface area contributed by atoms with Gasteiger partial charge in [-0.15, -0.1) is 12.8 Å². The lowest BCUT2D eigenvalue weighted by atomic mass is 9.86. The van der Waals surface area contributed by atoms with Crippen LogP contribution in [0.25, 0.3) is 0 Å². The zero-order chi connectivity index (χ0) is 17.7. The number of nitrogens with one attached hydrogen (secondary N) is 1. The molecule has 23 heavy (non-hydrogen) atoms. The minimum absolute atomic E-state index is 0.199. The standard InChI is InChI=1S/C12H21NO.C7H8.C2H2/c1-4-7-10(5-2)12(3,14)11-8-6-9-13-11;1-7-5-3-2-4-6-7;1-2/h4-5,7,11,13-14H,6,8-9H2,1-3H3;2-6H,1H3;1-2H/b7-4-,10-5+;;/t11-,12?;;/m1../s1. The summed E-state index contributed by atoms with van der Waals surface area (Å²) in [6, 6.07) is 10.5. The Balaban J connectivity index is 0.000000449. The van der Waals surface area contributed by atoms with Crippen molar-refractivity contribution < 1.29 is 5.11 Å². The van der Waals surface area contributed by atoms with Crippen LogP contribution in [0.15, 0.2) is 54.1 Å². The second-order valence-corrected chi connectivity index (χ2v) is 5.70. The maximum atomic E-state index is 10.4. The van der Waals surface area contributed by atoms with Gasteiger partial charge < -0.3 is 10.4 Å². The van der Waals surface area contributed by atoms with Crippen molar-refractivity contribution in [1.82, 2.24) is 5.32 Å². The molecular weight excluding hydrogens is 282 g/mol. The van der Waals surface area contributed by atoms with Gasteiger partial charge in [-0.2, -0.15) is 0 Å². The predicted octanol–water partition coefficient (Wildman–Crippen LogP) is 4.26. The van der Waals surface area contributed by atoms with Crippen LogP contribution in [0.2, 0.25) is 0 Å². The van der Waals surface area contributed by atoms with Gasteiger partial charge in [0.25, 0.3) is 0 Å². The molecule has 0 radical (unpaired) electrons. The first kappa shape index (κ1) is 21.2. The summed E-state index contributed by atoms with van der Waals surface area (Å²) in [6.45, 7) is 8.94. The van der Waals surface area contributed by atoms with Gasteiger partial charge in [-0.1, -0.05) is 54.1 Å². The van der Waals surface area contributed by atoms with E-state index in [1.165, 1.54) is 5.56 Å². The summed E-state index contributed by atoms with van der Waals surface area (Å²) in [5.74, 6) is 0. The monoisotopic (exact) mass is 313 g/mol. The summed E-state index contributed by atoms with van der Waals surface area (Å²) in [5, 5.41) is 13.8. The Morgan fingerprint density at radius 1 is 1.26 bits per heavy atom. The van der Waals surface area contributed by atoms with Crippen LogP contribution in [-0.2, 0) is 0 Å². The fourth-order valence-corrected chi connectivity index (χ4v) is 2.64. The number of rotatable bonds is 3. The first-order chi connectivity index (χ1) is 11.0. The molecule has 126 valence electrons. The van der Waals surface area contributed by atoms with E-state index in [1.807, 2.05) is 57.2 Å². The van der Waals surface area contributed by atoms with Crippen LogP contribution >= 0.6 is 0 Å². The van der Waals surface area contributed by atoms with Crippen molar-refractivity contribution in [1.29, 1.82) is 0 Å². The lowest BCUT2D eigenvalue weighted by Gasteiger charge is -2.31. The maximum Gasteiger partial charge on any atom is 0.102 e. The summed E-state index contributed by atoms with van der Waals surface area (Å²) < 4.78 is 0. The van der Waals surface area contributed by atoms with Crippen LogP contribution in [0.1, 0.15) is 39.2 Å². The van der Waals surface area contributed by atoms with Crippen molar-refractivity contribution in [3.63, 3.8) is 0 Å². The summed E-state index contributed by atoms with van der Waals surface area (Å²) in [6.07, 6.45) is 16.2. The quantitative estimate of drug-likeness (QED) is 0.645. The maximum absolute atomic E-state index is 10.4. The van der Waals surface area contributed by atoms with E-state index in [0.717, 1.165) is 25.0 Å². The van der Waals surface area contributed by atoms with Crippen LogP contribution in [0.4, 0.5) is 0 Å². The second-order valence-electron chi connectivity index (χ2n) is 5.70. The van der Waals surface area contributed by atoms with Crippen LogP contribution in [-0.4, -0.2) is 23.3 Å². The van der Waals surface area contributed by atoms with Gasteiger partial charge in [-0.3, -0.25) is 0 Å². The molecule has 0 aromatic heterocycles. The van der Waals surface area contributed by atoms with Crippen molar-refractivity contribution in [2.24, 2.45) is 0 Å². The first-order valence-corrected chi connectivity index (χ1v) is 8.12. The number of aryl methyl sites for hydroxylation is 1. The molecule has 0 amide bonds. The Morgan fingerprint density at radius 2 is 1.87 bits per heavy atom. The fourth-order valence-electron chi connectivity index (χ4n) is 2.64. The molecule has 2 rings (SSSR count). The molecule has 1 aromatic carbocycles. The fraction of sp³-hybridized carbons (Fsp3) is 0.429. The summed E-state index contributed by atoms with van der Waals surface area (Å²) in [4.78, 5) is 0. The lowest BCUT2D eigenvalue weighted by molar-refractivity contribution is 0.0656. The highest BCUT2D eigenvalue weighted by Gasteiger charge is 2.35. The van der Waals surface area contributed by atoms with Crippen molar-refractivity contribution >= 4 is 0 Å². The molecule has 1 fully saturated rings. The molecule has 2 N–H and O–H groups in total. The molecule has 2 heteroatoms. The molecule has 2 nitrogen and oxygen atoms in total. The lowest BCUT2D eigenvalue weighted by Crippen LogP contribution is -2.46. The van der Waals surface area contributed by atoms with E-state index in [0.29, 0.717) is 0 Å². The average Bonchev–Trinajstić information content (AvgIpc) is 3.11. The third-order valence-corrected chi connectivity index (χ3v) is 3.92. The number of terminal acetylenes is 1. The van der Waals surface area contributed by atoms with E-state index in [1.54, 1.807) is 0 Å². The van der Waals surface area contributed by atoms with Gasteiger partial charge in [0.2, 0.25) is 0 Å². The first-order valence-electron chi connectivity index (χ1n) is 8.12. The van der Waals surface area contributed by atoms with Gasteiger partial charge in [-0.25, -0.2) is 0 Å². The molecule has 1 heterocycles. The second kappa shape index (κ2) is 11.7. The third-order valence-electron chi connectivity index (χ3n) is 3.92. The Bertz CT molecular complexity index is 491. The Kier molecular flexibility index (Phi) is 10.8. The highest BCUT2D eigenvalue weighted by atomic mass is 16.3. The number of benzene rings is 1. The molecule has 0 saturated carbocycles. The van der Waals surface area contributed by atoms with Gasteiger partial charge in [0, 0.05) is 6.04 Å². The Labute approximate surface area is 142 Å². The summed E-state index contributed by atoms with van der Waals surface area (Å²) in [5.41, 5.74) is 1.58. The minimum atomic E-state index is -0.738. The molecule has 2 atom stereocenters. The van der Waals surface area contributed by atoms with Crippen LogP contribution in [0, 0.1) is 19.8 Å². The van der Waals surface area contributed by atoms with Crippen LogP contribution in [0.5, 0.6) is 0 Å². The molecule has 0 bridgehead atoms. The Morgan fingerprint density at radius 3 is 2.22 bits per heavy atom. The SMILES string of the molecule is C#C.C/C=C\C(=C/C)C(C)(O)[C@H]1CCCN1.Cc1ccccc1. The van der Waals surface area contributed by atoms with E-state index >= 15 is 0 Å². The van der Waals surface area contributed by atoms with E-state index in [9.17, 15) is 5.11 Å². The number of allylic oxidation sites excluding steroid dienone is 2. The summed E-state index contributed by atoms with van der Waals surface area (Å²) in [7, 11) is 0. The topological polar surface area (TPSA) is 32.3 Å². The molecule has 1 aliphatic heterocycles. The van der Waals surface area contributed by atoms with Crippen molar-refractivity contribution in [2.75, 3.05) is 6.54 Å². The largest absolute Gasteiger partial charge is 0.384 e. The van der Waals surface area contributed by atoms with Crippen molar-refractivity contribution in [3.05, 3.63) is 59.7 Å². The smallest absolute Gasteiger partial charge is 0.102 e. The predicted molar refractivity (Wildman–Crippen MR) is 101 cm³/mol. The molecule has 0 spiro atoms. The van der Waals surface area contributed by atoms with Crippen LogP contribution in [0.3, 0.4) is 0 Å². The average molecular weight is 313 g/mol. The van der Waals surface area contributed by atoms with Gasteiger partial charge >= 0.3 is 0 Å². The third kappa shape index (κ3) is 7.32. The Hall–Kier alpha value is -1.82. The highest BCUT2D eigenvalue weighted by molar-refractivity contribution is 5.30.